The molecule has 27 heavy (non-hydrogen) atoms. The highest BCUT2D eigenvalue weighted by molar-refractivity contribution is 9.10. The van der Waals surface area contributed by atoms with Gasteiger partial charge in [0, 0.05) is 18.3 Å². The van der Waals surface area contributed by atoms with E-state index in [9.17, 15) is 20.0 Å². The van der Waals surface area contributed by atoms with E-state index in [0.29, 0.717) is 6.67 Å². The number of phenols is 1. The van der Waals surface area contributed by atoms with E-state index >= 15 is 0 Å². The fourth-order valence-electron chi connectivity index (χ4n) is 2.44. The number of benzene rings is 1. The van der Waals surface area contributed by atoms with E-state index in [1.165, 1.54) is 10.7 Å². The number of carbonyl (C=O) groups is 1. The van der Waals surface area contributed by atoms with Crippen LogP contribution < -0.4 is 5.32 Å². The number of aromatic nitrogens is 4. The number of hydrogen-bond donors (Lipinski definition) is 2. The van der Waals surface area contributed by atoms with E-state index in [0.717, 1.165) is 34.1 Å². The number of nitrogens with one attached hydrogen (secondary N) is 1. The van der Waals surface area contributed by atoms with Crippen molar-refractivity contribution in [2.24, 2.45) is 0 Å². The fourth-order valence-corrected chi connectivity index (χ4v) is 2.72. The molecule has 2 heterocycles. The number of nitro groups is 1. The quantitative estimate of drug-likeness (QED) is 0.360. The van der Waals surface area contributed by atoms with E-state index in [-0.39, 0.29) is 22.8 Å². The van der Waals surface area contributed by atoms with Crippen molar-refractivity contribution in [2.75, 3.05) is 5.32 Å². The zero-order valence-corrected chi connectivity index (χ0v) is 16.0. The molecule has 0 bridgehead atoms. The molecule has 3 aromatic rings. The SMILES string of the molecule is Cc1nn(Cn2ccc(C(=O)Nc3cc([N+](=O)[O-])ccc3O)n2)c(C)c1Br. The zero-order chi connectivity index (χ0) is 19.7. The van der Waals surface area contributed by atoms with Crippen molar-refractivity contribution in [2.45, 2.75) is 20.5 Å². The summed E-state index contributed by atoms with van der Waals surface area (Å²) < 4.78 is 4.18. The predicted octanol–water partition coefficient (Wildman–Crippen LogP) is 2.83. The third-order valence-electron chi connectivity index (χ3n) is 3.88. The van der Waals surface area contributed by atoms with E-state index in [2.05, 4.69) is 31.4 Å². The van der Waals surface area contributed by atoms with Gasteiger partial charge in [0.15, 0.2) is 5.69 Å². The number of rotatable bonds is 5. The van der Waals surface area contributed by atoms with Gasteiger partial charge in [-0.25, -0.2) is 4.68 Å². The number of anilines is 1. The van der Waals surface area contributed by atoms with Gasteiger partial charge in [-0.2, -0.15) is 10.2 Å². The van der Waals surface area contributed by atoms with Crippen molar-refractivity contribution in [3.63, 3.8) is 0 Å². The first kappa shape index (κ1) is 18.6. The fraction of sp³-hybridized carbons (Fsp3) is 0.188. The van der Waals surface area contributed by atoms with E-state index in [1.807, 2.05) is 13.8 Å². The highest BCUT2D eigenvalue weighted by Gasteiger charge is 2.16. The lowest BCUT2D eigenvalue weighted by molar-refractivity contribution is -0.384. The summed E-state index contributed by atoms with van der Waals surface area (Å²) in [5.41, 5.74) is 1.56. The Kier molecular flexibility index (Phi) is 4.95. The molecule has 0 spiro atoms. The van der Waals surface area contributed by atoms with Crippen LogP contribution in [0.5, 0.6) is 5.75 Å². The molecule has 0 fully saturated rings. The van der Waals surface area contributed by atoms with Crippen LogP contribution in [-0.4, -0.2) is 35.5 Å². The summed E-state index contributed by atoms with van der Waals surface area (Å²) in [7, 11) is 0. The Morgan fingerprint density at radius 2 is 2.07 bits per heavy atom. The van der Waals surface area contributed by atoms with Crippen LogP contribution in [0, 0.1) is 24.0 Å². The number of non-ortho nitro benzene ring substituents is 1. The molecule has 10 nitrogen and oxygen atoms in total. The molecule has 0 saturated heterocycles. The Morgan fingerprint density at radius 1 is 1.33 bits per heavy atom. The maximum Gasteiger partial charge on any atom is 0.276 e. The maximum absolute atomic E-state index is 12.3. The molecular formula is C16H15BrN6O4. The first-order valence-corrected chi connectivity index (χ1v) is 8.57. The summed E-state index contributed by atoms with van der Waals surface area (Å²) in [4.78, 5) is 22.6. The van der Waals surface area contributed by atoms with E-state index < -0.39 is 10.8 Å². The Bertz CT molecular complexity index is 1040. The molecule has 11 heteroatoms. The summed E-state index contributed by atoms with van der Waals surface area (Å²) in [6.07, 6.45) is 1.62. The smallest absolute Gasteiger partial charge is 0.276 e. The largest absolute Gasteiger partial charge is 0.506 e. The minimum Gasteiger partial charge on any atom is -0.506 e. The predicted molar refractivity (Wildman–Crippen MR) is 99.7 cm³/mol. The van der Waals surface area contributed by atoms with Crippen LogP contribution in [0.4, 0.5) is 11.4 Å². The van der Waals surface area contributed by atoms with Crippen molar-refractivity contribution < 1.29 is 14.8 Å². The van der Waals surface area contributed by atoms with Gasteiger partial charge in [0.1, 0.15) is 12.4 Å². The summed E-state index contributed by atoms with van der Waals surface area (Å²) in [6.45, 7) is 4.10. The third-order valence-corrected chi connectivity index (χ3v) is 5.03. The zero-order valence-electron chi connectivity index (χ0n) is 14.4. The van der Waals surface area contributed by atoms with Crippen molar-refractivity contribution in [3.8, 4) is 5.75 Å². The molecular weight excluding hydrogens is 420 g/mol. The van der Waals surface area contributed by atoms with Gasteiger partial charge in [-0.1, -0.05) is 0 Å². The van der Waals surface area contributed by atoms with Gasteiger partial charge in [-0.3, -0.25) is 19.6 Å². The second-order valence-corrected chi connectivity index (χ2v) is 6.57. The van der Waals surface area contributed by atoms with Crippen LogP contribution in [0.25, 0.3) is 0 Å². The second-order valence-electron chi connectivity index (χ2n) is 5.78. The van der Waals surface area contributed by atoms with Gasteiger partial charge in [-0.15, -0.1) is 0 Å². The van der Waals surface area contributed by atoms with Gasteiger partial charge < -0.3 is 10.4 Å². The third kappa shape index (κ3) is 3.82. The average molecular weight is 435 g/mol. The second kappa shape index (κ2) is 7.19. The molecule has 0 unspecified atom stereocenters. The van der Waals surface area contributed by atoms with Gasteiger partial charge in [0.25, 0.3) is 11.6 Å². The van der Waals surface area contributed by atoms with Crippen LogP contribution in [0.15, 0.2) is 34.9 Å². The Hall–Kier alpha value is -3.21. The molecule has 0 aliphatic carbocycles. The van der Waals surface area contributed by atoms with E-state index in [4.69, 9.17) is 0 Å². The van der Waals surface area contributed by atoms with Crippen molar-refractivity contribution >= 4 is 33.2 Å². The van der Waals surface area contributed by atoms with Crippen LogP contribution in [0.2, 0.25) is 0 Å². The molecule has 140 valence electrons. The van der Waals surface area contributed by atoms with Gasteiger partial charge in [-0.05, 0) is 41.9 Å². The number of carbonyl (C=O) groups excluding carboxylic acids is 1. The molecule has 3 rings (SSSR count). The topological polar surface area (TPSA) is 128 Å². The number of phenolic OH excluding ortho intramolecular Hbond substituents is 1. The first-order valence-electron chi connectivity index (χ1n) is 7.78. The van der Waals surface area contributed by atoms with Crippen molar-refractivity contribution in [1.29, 1.82) is 0 Å². The molecule has 0 aliphatic rings. The molecule has 1 amide bonds. The highest BCUT2D eigenvalue weighted by atomic mass is 79.9. The monoisotopic (exact) mass is 434 g/mol. The number of nitrogens with zero attached hydrogens (tertiary/aromatic N) is 5. The average Bonchev–Trinajstić information content (AvgIpc) is 3.18. The molecule has 0 aliphatic heterocycles. The standard InChI is InChI=1S/C16H15BrN6O4/c1-9-15(17)10(2)22(19-9)8-21-6-5-12(20-21)16(25)18-13-7-11(23(26)27)3-4-14(13)24/h3-7,24H,8H2,1-2H3,(H,18,25). The molecule has 0 atom stereocenters. The van der Waals surface area contributed by atoms with Crippen molar-refractivity contribution in [3.05, 3.63) is 62.1 Å². The Morgan fingerprint density at radius 3 is 2.70 bits per heavy atom. The lowest BCUT2D eigenvalue weighted by Crippen LogP contribution is -2.16. The molecule has 2 aromatic heterocycles. The minimum atomic E-state index is -0.615. The van der Waals surface area contributed by atoms with Crippen molar-refractivity contribution in [1.82, 2.24) is 19.6 Å². The first-order chi connectivity index (χ1) is 12.8. The lowest BCUT2D eigenvalue weighted by atomic mass is 10.2. The number of halogens is 1. The number of amides is 1. The lowest BCUT2D eigenvalue weighted by Gasteiger charge is -2.06. The van der Waals surface area contributed by atoms with Crippen LogP contribution in [0.1, 0.15) is 21.9 Å². The molecule has 0 radical (unpaired) electrons. The Labute approximate surface area is 161 Å². The maximum atomic E-state index is 12.3. The number of hydrogen-bond acceptors (Lipinski definition) is 6. The molecule has 2 N–H and O–H groups in total. The number of aryl methyl sites for hydroxylation is 1. The van der Waals surface area contributed by atoms with Crippen LogP contribution >= 0.6 is 15.9 Å². The Balaban J connectivity index is 1.76. The van der Waals surface area contributed by atoms with Gasteiger partial charge in [0.2, 0.25) is 0 Å². The normalized spacial score (nSPS) is 10.8. The van der Waals surface area contributed by atoms with Gasteiger partial charge >= 0.3 is 0 Å². The summed E-state index contributed by atoms with van der Waals surface area (Å²) in [6, 6.07) is 4.88. The summed E-state index contributed by atoms with van der Waals surface area (Å²) in [5, 5.41) is 31.6. The minimum absolute atomic E-state index is 0.0637. The molecule has 0 saturated carbocycles. The molecule has 1 aromatic carbocycles. The number of nitro benzene ring substituents is 1. The van der Waals surface area contributed by atoms with Crippen LogP contribution in [0.3, 0.4) is 0 Å². The van der Waals surface area contributed by atoms with E-state index in [1.54, 1.807) is 10.9 Å². The number of aromatic hydroxyl groups is 1. The summed E-state index contributed by atoms with van der Waals surface area (Å²) >= 11 is 3.45. The summed E-state index contributed by atoms with van der Waals surface area (Å²) in [5.74, 6) is -0.875. The van der Waals surface area contributed by atoms with Gasteiger partial charge in [0.05, 0.1) is 26.5 Å². The van der Waals surface area contributed by atoms with Crippen LogP contribution in [-0.2, 0) is 6.67 Å². The highest BCUT2D eigenvalue weighted by Crippen LogP contribution is 2.28.